The molecule has 2 aromatic carbocycles. The van der Waals surface area contributed by atoms with E-state index >= 15 is 13.2 Å². The van der Waals surface area contributed by atoms with Gasteiger partial charge < -0.3 is 24.1 Å². The molecular formula is C33H39F3N4O5. The summed E-state index contributed by atoms with van der Waals surface area (Å²) in [6.07, 6.45) is 2.22. The van der Waals surface area contributed by atoms with Crippen LogP contribution in [0.3, 0.4) is 0 Å². The van der Waals surface area contributed by atoms with Crippen molar-refractivity contribution in [1.29, 1.82) is 0 Å². The summed E-state index contributed by atoms with van der Waals surface area (Å²) in [6, 6.07) is 7.18. The average molecular weight is 629 g/mol. The number of anilines is 1. The summed E-state index contributed by atoms with van der Waals surface area (Å²) in [6.45, 7) is 10.2. The van der Waals surface area contributed by atoms with Gasteiger partial charge in [-0.15, -0.1) is 10.2 Å². The lowest BCUT2D eigenvalue weighted by Crippen LogP contribution is -2.49. The zero-order valence-corrected chi connectivity index (χ0v) is 26.4. The molecular weight excluding hydrogens is 589 g/mol. The lowest BCUT2D eigenvalue weighted by molar-refractivity contribution is -0.123. The van der Waals surface area contributed by atoms with E-state index < -0.39 is 52.8 Å². The third-order valence-electron chi connectivity index (χ3n) is 7.65. The molecule has 2 aliphatic rings. The highest BCUT2D eigenvalue weighted by molar-refractivity contribution is 6.00. The smallest absolute Gasteiger partial charge is 0.408 e. The summed E-state index contributed by atoms with van der Waals surface area (Å²) in [4.78, 5) is 27.8. The summed E-state index contributed by atoms with van der Waals surface area (Å²) in [5.41, 5.74) is -2.05. The number of carbonyl (C=O) groups is 2. The zero-order chi connectivity index (χ0) is 32.7. The minimum Gasteiger partial charge on any atom is -0.490 e. The molecule has 9 nitrogen and oxygen atoms in total. The summed E-state index contributed by atoms with van der Waals surface area (Å²) >= 11 is 0. The molecule has 1 N–H and O–H groups in total. The normalized spacial score (nSPS) is 18.8. The second-order valence-electron chi connectivity index (χ2n) is 13.7. The number of benzene rings is 2. The molecule has 12 heteroatoms. The highest BCUT2D eigenvalue weighted by atomic mass is 19.3. The summed E-state index contributed by atoms with van der Waals surface area (Å²) < 4.78 is 64.3. The molecule has 1 saturated carbocycles. The molecule has 2 heterocycles. The molecule has 5 rings (SSSR count). The van der Waals surface area contributed by atoms with Crippen molar-refractivity contribution in [1.82, 2.24) is 15.5 Å². The lowest BCUT2D eigenvalue weighted by atomic mass is 9.97. The van der Waals surface area contributed by atoms with Crippen molar-refractivity contribution >= 4 is 17.7 Å². The van der Waals surface area contributed by atoms with E-state index in [1.165, 1.54) is 0 Å². The monoisotopic (exact) mass is 628 g/mol. The van der Waals surface area contributed by atoms with Gasteiger partial charge in [0.25, 0.3) is 11.8 Å². The van der Waals surface area contributed by atoms with Crippen molar-refractivity contribution in [3.05, 3.63) is 59.2 Å². The van der Waals surface area contributed by atoms with Gasteiger partial charge in [0.2, 0.25) is 11.8 Å². The number of amides is 2. The molecule has 1 unspecified atom stereocenters. The third kappa shape index (κ3) is 7.42. The minimum absolute atomic E-state index is 0.147. The summed E-state index contributed by atoms with van der Waals surface area (Å²) in [7, 11) is 0. The zero-order valence-electron chi connectivity index (χ0n) is 26.4. The van der Waals surface area contributed by atoms with Gasteiger partial charge in [-0.05, 0) is 76.3 Å². The second-order valence-corrected chi connectivity index (χ2v) is 13.7. The number of alkyl carbamates (subject to hydrolysis) is 1. The number of ether oxygens (including phenoxy) is 2. The largest absolute Gasteiger partial charge is 0.490 e. The molecule has 1 fully saturated rings. The highest BCUT2D eigenvalue weighted by Crippen LogP contribution is 2.45. The van der Waals surface area contributed by atoms with Crippen LogP contribution in [0.2, 0.25) is 0 Å². The number of rotatable bonds is 6. The first-order valence-corrected chi connectivity index (χ1v) is 15.1. The SMILES string of the molecule is CC(C)(C)OC(=O)NC1CC(F)(F)c2cc(F)c(-c3nnc(C(C)(C)C)o3)cc2N(Cc2ccc(OC3CCCC3)cc2)C1=O. The second kappa shape index (κ2) is 12.0. The molecule has 242 valence electrons. The maximum Gasteiger partial charge on any atom is 0.408 e. The topological polar surface area (TPSA) is 107 Å². The lowest BCUT2D eigenvalue weighted by Gasteiger charge is -2.27. The van der Waals surface area contributed by atoms with Crippen LogP contribution in [-0.2, 0) is 27.4 Å². The molecule has 0 spiro atoms. The number of nitrogens with one attached hydrogen (secondary N) is 1. The van der Waals surface area contributed by atoms with Crippen molar-refractivity contribution in [3.8, 4) is 17.2 Å². The standard InChI is InChI=1S/C33H39F3N4O5/c1-31(2,3)29-39-38-27(44-29)22-15-26-23(16-24(22)34)33(35,36)17-25(37-30(42)45-32(4,5)6)28(41)40(26)18-19-11-13-21(14-12-19)43-20-9-7-8-10-20/h11-16,20,25H,7-10,17-18H2,1-6H3,(H,37,42). The number of nitrogens with zero attached hydrogens (tertiary/aromatic N) is 3. The first-order chi connectivity index (χ1) is 21.0. The number of halogens is 3. The molecule has 1 atom stereocenters. The predicted molar refractivity (Wildman–Crippen MR) is 161 cm³/mol. The van der Waals surface area contributed by atoms with Gasteiger partial charge in [0.15, 0.2) is 0 Å². The number of hydrogen-bond donors (Lipinski definition) is 1. The van der Waals surface area contributed by atoms with Crippen LogP contribution in [0.4, 0.5) is 23.7 Å². The highest BCUT2D eigenvalue weighted by Gasteiger charge is 2.47. The Morgan fingerprint density at radius 3 is 2.33 bits per heavy atom. The fraction of sp³-hybridized carbons (Fsp3) is 0.515. The van der Waals surface area contributed by atoms with Crippen molar-refractivity contribution in [2.45, 2.75) is 109 Å². The number of hydrogen-bond acceptors (Lipinski definition) is 7. The quantitative estimate of drug-likeness (QED) is 0.303. The Hall–Kier alpha value is -4.09. The van der Waals surface area contributed by atoms with Gasteiger partial charge in [-0.25, -0.2) is 18.0 Å². The summed E-state index contributed by atoms with van der Waals surface area (Å²) in [5.74, 6) is -4.85. The van der Waals surface area contributed by atoms with Gasteiger partial charge in [0.05, 0.1) is 23.9 Å². The van der Waals surface area contributed by atoms with E-state index in [1.807, 2.05) is 20.8 Å². The van der Waals surface area contributed by atoms with E-state index in [4.69, 9.17) is 13.9 Å². The number of aromatic nitrogens is 2. The van der Waals surface area contributed by atoms with Crippen molar-refractivity contribution in [2.75, 3.05) is 4.90 Å². The van der Waals surface area contributed by atoms with Crippen LogP contribution in [0.25, 0.3) is 11.5 Å². The van der Waals surface area contributed by atoms with Crippen LogP contribution in [0.1, 0.15) is 90.7 Å². The Morgan fingerprint density at radius 1 is 1.07 bits per heavy atom. The van der Waals surface area contributed by atoms with Gasteiger partial charge in [-0.1, -0.05) is 32.9 Å². The fourth-order valence-corrected chi connectivity index (χ4v) is 5.42. The van der Waals surface area contributed by atoms with Gasteiger partial charge in [0, 0.05) is 17.4 Å². The molecule has 3 aromatic rings. The van der Waals surface area contributed by atoms with Crippen LogP contribution in [0.5, 0.6) is 5.75 Å². The predicted octanol–water partition coefficient (Wildman–Crippen LogP) is 7.42. The Bertz CT molecular complexity index is 1550. The van der Waals surface area contributed by atoms with Crippen molar-refractivity contribution < 1.29 is 36.7 Å². The first kappa shape index (κ1) is 32.3. The van der Waals surface area contributed by atoms with Gasteiger partial charge in [0.1, 0.15) is 23.2 Å². The van der Waals surface area contributed by atoms with E-state index in [2.05, 4.69) is 15.5 Å². The molecule has 2 amide bonds. The van der Waals surface area contributed by atoms with Crippen LogP contribution in [0, 0.1) is 5.82 Å². The van der Waals surface area contributed by atoms with E-state index in [0.29, 0.717) is 17.4 Å². The van der Waals surface area contributed by atoms with Crippen molar-refractivity contribution in [2.24, 2.45) is 0 Å². The molecule has 0 radical (unpaired) electrons. The van der Waals surface area contributed by atoms with E-state index in [9.17, 15) is 9.59 Å². The Labute approximate surface area is 260 Å². The van der Waals surface area contributed by atoms with Gasteiger partial charge in [-0.2, -0.15) is 0 Å². The maximum absolute atomic E-state index is 15.9. The molecule has 0 bridgehead atoms. The number of alkyl halides is 2. The third-order valence-corrected chi connectivity index (χ3v) is 7.65. The van der Waals surface area contributed by atoms with E-state index in [1.54, 1.807) is 45.0 Å². The number of carbonyl (C=O) groups excluding carboxylic acids is 2. The fourth-order valence-electron chi connectivity index (χ4n) is 5.42. The Morgan fingerprint density at radius 2 is 1.73 bits per heavy atom. The molecule has 1 aliphatic heterocycles. The van der Waals surface area contributed by atoms with E-state index in [0.717, 1.165) is 36.6 Å². The van der Waals surface area contributed by atoms with Crippen LogP contribution in [-0.4, -0.2) is 39.9 Å². The Kier molecular flexibility index (Phi) is 8.63. The molecule has 0 saturated heterocycles. The minimum atomic E-state index is -3.71. The van der Waals surface area contributed by atoms with E-state index in [-0.39, 0.29) is 35.7 Å². The molecule has 1 aliphatic carbocycles. The van der Waals surface area contributed by atoms with Crippen LogP contribution < -0.4 is 15.0 Å². The average Bonchev–Trinajstić information content (AvgIpc) is 3.62. The Balaban J connectivity index is 1.55. The maximum atomic E-state index is 15.9. The van der Waals surface area contributed by atoms with Crippen LogP contribution >= 0.6 is 0 Å². The summed E-state index contributed by atoms with van der Waals surface area (Å²) in [5, 5.41) is 10.3. The van der Waals surface area contributed by atoms with Crippen molar-refractivity contribution in [3.63, 3.8) is 0 Å². The van der Waals surface area contributed by atoms with Gasteiger partial charge in [-0.3, -0.25) is 4.79 Å². The van der Waals surface area contributed by atoms with Crippen LogP contribution in [0.15, 0.2) is 40.8 Å². The molecule has 45 heavy (non-hydrogen) atoms. The number of fused-ring (bicyclic) bond motifs is 1. The van der Waals surface area contributed by atoms with Gasteiger partial charge >= 0.3 is 6.09 Å². The molecule has 1 aromatic heterocycles. The first-order valence-electron chi connectivity index (χ1n) is 15.1.